The normalized spacial score (nSPS) is 14.0. The SMILES string of the molecule is CCCCCC(CCCC(Cc1ccc(C=CC(=O)OCC)cc1)(C(C)=O)C(=O)OC(C)(C)C)OC(C)=O. The van der Waals surface area contributed by atoms with Gasteiger partial charge in [0.25, 0.3) is 0 Å². The van der Waals surface area contributed by atoms with E-state index in [1.165, 1.54) is 19.9 Å². The van der Waals surface area contributed by atoms with Crippen LogP contribution in [-0.2, 0) is 39.8 Å². The van der Waals surface area contributed by atoms with Crippen LogP contribution >= 0.6 is 0 Å². The summed E-state index contributed by atoms with van der Waals surface area (Å²) in [6.07, 6.45) is 8.17. The van der Waals surface area contributed by atoms with Gasteiger partial charge in [0.15, 0.2) is 0 Å². The maximum atomic E-state index is 13.5. The van der Waals surface area contributed by atoms with Crippen LogP contribution in [0.1, 0.15) is 105 Å². The van der Waals surface area contributed by atoms with Crippen molar-refractivity contribution in [3.63, 3.8) is 0 Å². The highest BCUT2D eigenvalue weighted by Gasteiger charge is 2.45. The molecule has 7 heteroatoms. The first-order chi connectivity index (χ1) is 17.8. The predicted molar refractivity (Wildman–Crippen MR) is 148 cm³/mol. The average Bonchev–Trinajstić information content (AvgIpc) is 2.81. The summed E-state index contributed by atoms with van der Waals surface area (Å²) < 4.78 is 16.2. The smallest absolute Gasteiger partial charge is 0.330 e. The van der Waals surface area contributed by atoms with E-state index in [0.29, 0.717) is 19.4 Å². The molecule has 0 heterocycles. The molecule has 38 heavy (non-hydrogen) atoms. The zero-order valence-electron chi connectivity index (χ0n) is 24.3. The number of carbonyl (C=O) groups is 4. The largest absolute Gasteiger partial charge is 0.463 e. The standard InChI is InChI=1S/C31H46O7/c1-8-10-11-13-27(37-24(4)33)14-12-21-31(23(3)32,29(35)38-30(5,6)7)22-26-17-15-25(16-18-26)19-20-28(34)36-9-2/h15-20,27H,8-14,21-22H2,1-7H3. The van der Waals surface area contributed by atoms with Crippen LogP contribution in [0.4, 0.5) is 0 Å². The first-order valence-corrected chi connectivity index (χ1v) is 13.7. The molecule has 0 aliphatic rings. The minimum absolute atomic E-state index is 0.188. The van der Waals surface area contributed by atoms with Gasteiger partial charge in [0.05, 0.1) is 6.61 Å². The van der Waals surface area contributed by atoms with Gasteiger partial charge in [0.2, 0.25) is 0 Å². The Labute approximate surface area is 228 Å². The highest BCUT2D eigenvalue weighted by molar-refractivity contribution is 6.03. The van der Waals surface area contributed by atoms with Gasteiger partial charge in [0, 0.05) is 13.0 Å². The molecule has 0 saturated heterocycles. The molecular formula is C31H46O7. The number of rotatable bonds is 16. The summed E-state index contributed by atoms with van der Waals surface area (Å²) in [4.78, 5) is 49.8. The van der Waals surface area contributed by atoms with Crippen molar-refractivity contribution in [2.75, 3.05) is 6.61 Å². The van der Waals surface area contributed by atoms with Crippen LogP contribution in [0.15, 0.2) is 30.3 Å². The van der Waals surface area contributed by atoms with Gasteiger partial charge < -0.3 is 14.2 Å². The Balaban J connectivity index is 3.16. The molecule has 7 nitrogen and oxygen atoms in total. The van der Waals surface area contributed by atoms with Crippen LogP contribution < -0.4 is 0 Å². The molecule has 212 valence electrons. The molecular weight excluding hydrogens is 484 g/mol. The lowest BCUT2D eigenvalue weighted by Gasteiger charge is -2.33. The second-order valence-corrected chi connectivity index (χ2v) is 10.8. The molecule has 0 bridgehead atoms. The van der Waals surface area contributed by atoms with Crippen molar-refractivity contribution in [1.29, 1.82) is 0 Å². The van der Waals surface area contributed by atoms with Crippen LogP contribution in [0.5, 0.6) is 0 Å². The Morgan fingerprint density at radius 1 is 0.921 bits per heavy atom. The van der Waals surface area contributed by atoms with Gasteiger partial charge in [0.1, 0.15) is 22.9 Å². The Bertz CT molecular complexity index is 940. The van der Waals surface area contributed by atoms with E-state index in [1.54, 1.807) is 33.8 Å². The maximum absolute atomic E-state index is 13.5. The molecule has 0 N–H and O–H groups in total. The fraction of sp³-hybridized carbons (Fsp3) is 0.613. The zero-order valence-corrected chi connectivity index (χ0v) is 24.3. The van der Waals surface area contributed by atoms with E-state index in [4.69, 9.17) is 14.2 Å². The highest BCUT2D eigenvalue weighted by Crippen LogP contribution is 2.35. The summed E-state index contributed by atoms with van der Waals surface area (Å²) in [7, 11) is 0. The van der Waals surface area contributed by atoms with Crippen molar-refractivity contribution < 1.29 is 33.4 Å². The third kappa shape index (κ3) is 12.1. The van der Waals surface area contributed by atoms with E-state index in [9.17, 15) is 19.2 Å². The fourth-order valence-electron chi connectivity index (χ4n) is 4.28. The second-order valence-electron chi connectivity index (χ2n) is 10.8. The summed E-state index contributed by atoms with van der Waals surface area (Å²) in [5, 5.41) is 0. The molecule has 2 unspecified atom stereocenters. The molecule has 1 aromatic carbocycles. The monoisotopic (exact) mass is 530 g/mol. The minimum Gasteiger partial charge on any atom is -0.463 e. The number of hydrogen-bond acceptors (Lipinski definition) is 7. The minimum atomic E-state index is -1.36. The third-order valence-corrected chi connectivity index (χ3v) is 6.24. The Hall–Kier alpha value is -2.96. The van der Waals surface area contributed by atoms with Gasteiger partial charge in [-0.15, -0.1) is 0 Å². The van der Waals surface area contributed by atoms with Gasteiger partial charge in [-0.1, -0.05) is 44.0 Å². The quantitative estimate of drug-likeness (QED) is 0.0801. The summed E-state index contributed by atoms with van der Waals surface area (Å²) in [5.74, 6) is -1.54. The van der Waals surface area contributed by atoms with Crippen molar-refractivity contribution in [2.45, 2.75) is 112 Å². The zero-order chi connectivity index (χ0) is 28.8. The molecule has 0 amide bonds. The van der Waals surface area contributed by atoms with Gasteiger partial charge >= 0.3 is 17.9 Å². The lowest BCUT2D eigenvalue weighted by atomic mass is 9.74. The first-order valence-electron chi connectivity index (χ1n) is 13.7. The Kier molecular flexibility index (Phi) is 14.0. The van der Waals surface area contributed by atoms with Gasteiger partial charge in [-0.2, -0.15) is 0 Å². The van der Waals surface area contributed by atoms with E-state index in [-0.39, 0.29) is 30.7 Å². The van der Waals surface area contributed by atoms with Crippen LogP contribution in [0.25, 0.3) is 6.08 Å². The maximum Gasteiger partial charge on any atom is 0.330 e. The van der Waals surface area contributed by atoms with E-state index in [1.807, 2.05) is 24.3 Å². The Morgan fingerprint density at radius 3 is 2.08 bits per heavy atom. The number of ether oxygens (including phenoxy) is 3. The van der Waals surface area contributed by atoms with Crippen molar-refractivity contribution in [3.8, 4) is 0 Å². The molecule has 0 fully saturated rings. The van der Waals surface area contributed by atoms with Gasteiger partial charge in [-0.25, -0.2) is 4.79 Å². The van der Waals surface area contributed by atoms with E-state index in [2.05, 4.69) is 6.92 Å². The van der Waals surface area contributed by atoms with Gasteiger partial charge in [-0.05, 0) is 90.3 Å². The molecule has 2 atom stereocenters. The molecule has 0 aliphatic carbocycles. The molecule has 0 saturated carbocycles. The molecule has 0 spiro atoms. The van der Waals surface area contributed by atoms with Crippen molar-refractivity contribution in [2.24, 2.45) is 5.41 Å². The number of unbranched alkanes of at least 4 members (excludes halogenated alkanes) is 2. The fourth-order valence-corrected chi connectivity index (χ4v) is 4.28. The first kappa shape index (κ1) is 33.1. The summed E-state index contributed by atoms with van der Waals surface area (Å²) in [6, 6.07) is 7.35. The Morgan fingerprint density at radius 2 is 1.55 bits per heavy atom. The molecule has 0 aliphatic heterocycles. The van der Waals surface area contributed by atoms with E-state index < -0.39 is 23.0 Å². The number of hydrogen-bond donors (Lipinski definition) is 0. The lowest BCUT2D eigenvalue weighted by molar-refractivity contribution is -0.171. The molecule has 1 aromatic rings. The number of Topliss-reactive ketones (excluding diaryl/α,β-unsaturated/α-hetero) is 1. The number of carbonyl (C=O) groups excluding carboxylic acids is 4. The van der Waals surface area contributed by atoms with Crippen molar-refractivity contribution >= 4 is 29.8 Å². The second kappa shape index (κ2) is 16.1. The summed E-state index contributed by atoms with van der Waals surface area (Å²) in [6.45, 7) is 12.4. The predicted octanol–water partition coefficient (Wildman–Crippen LogP) is 6.40. The number of benzene rings is 1. The van der Waals surface area contributed by atoms with Crippen LogP contribution in [0.2, 0.25) is 0 Å². The number of ketones is 1. The van der Waals surface area contributed by atoms with Crippen molar-refractivity contribution in [1.82, 2.24) is 0 Å². The van der Waals surface area contributed by atoms with E-state index >= 15 is 0 Å². The molecule has 0 aromatic heterocycles. The average molecular weight is 531 g/mol. The van der Waals surface area contributed by atoms with E-state index in [0.717, 1.165) is 36.8 Å². The van der Waals surface area contributed by atoms with Crippen LogP contribution in [0, 0.1) is 5.41 Å². The lowest BCUT2D eigenvalue weighted by Crippen LogP contribution is -2.44. The van der Waals surface area contributed by atoms with Crippen molar-refractivity contribution in [3.05, 3.63) is 41.5 Å². The number of esters is 3. The summed E-state index contributed by atoms with van der Waals surface area (Å²) >= 11 is 0. The van der Waals surface area contributed by atoms with Crippen LogP contribution in [-0.4, -0.2) is 42.0 Å². The molecule has 1 rings (SSSR count). The summed E-state index contributed by atoms with van der Waals surface area (Å²) in [5.41, 5.74) is -0.512. The highest BCUT2D eigenvalue weighted by atomic mass is 16.6. The topological polar surface area (TPSA) is 96.0 Å². The third-order valence-electron chi connectivity index (χ3n) is 6.24. The molecule has 0 radical (unpaired) electrons. The van der Waals surface area contributed by atoms with Crippen LogP contribution in [0.3, 0.4) is 0 Å². The van der Waals surface area contributed by atoms with Gasteiger partial charge in [-0.3, -0.25) is 14.4 Å².